The molecule has 1 aliphatic carbocycles. The van der Waals surface area contributed by atoms with E-state index in [0.717, 1.165) is 44.7 Å². The summed E-state index contributed by atoms with van der Waals surface area (Å²) in [4.78, 5) is 17.2. The highest BCUT2D eigenvalue weighted by Gasteiger charge is 2.32. The van der Waals surface area contributed by atoms with Crippen LogP contribution in [0.1, 0.15) is 33.5 Å². The van der Waals surface area contributed by atoms with Crippen LogP contribution in [-0.4, -0.2) is 50.1 Å². The van der Waals surface area contributed by atoms with Gasteiger partial charge in [0.15, 0.2) is 0 Å². The average molecular weight is 435 g/mol. The fourth-order valence-corrected chi connectivity index (χ4v) is 4.37. The standard InChI is InChI=1S/C23H25F4N3O/c1-29-9-11-30(12-10-29)21-4-2-3-15-5-7-17(14-19(15)21)28-22(31)18-8-6-16(13-20(18)24)23(25,26)27/h2-4,6,8,13,17H,5,7,9-12,14H2,1H3,(H,28,31)/t17-/m1/s1. The molecule has 0 bridgehead atoms. The minimum atomic E-state index is -4.65. The smallest absolute Gasteiger partial charge is 0.369 e. The van der Waals surface area contributed by atoms with Crippen molar-refractivity contribution < 1.29 is 22.4 Å². The van der Waals surface area contributed by atoms with E-state index in [-0.39, 0.29) is 11.6 Å². The molecule has 1 amide bonds. The van der Waals surface area contributed by atoms with Crippen molar-refractivity contribution in [3.05, 3.63) is 64.5 Å². The Kier molecular flexibility index (Phi) is 5.92. The van der Waals surface area contributed by atoms with Crippen molar-refractivity contribution >= 4 is 11.6 Å². The maximum atomic E-state index is 14.2. The summed E-state index contributed by atoms with van der Waals surface area (Å²) in [6.07, 6.45) is -2.54. The lowest BCUT2D eigenvalue weighted by Crippen LogP contribution is -2.45. The Morgan fingerprint density at radius 3 is 2.52 bits per heavy atom. The number of likely N-dealkylation sites (N-methyl/N-ethyl adjacent to an activating group) is 1. The van der Waals surface area contributed by atoms with Crippen molar-refractivity contribution in [2.45, 2.75) is 31.5 Å². The highest BCUT2D eigenvalue weighted by molar-refractivity contribution is 5.94. The van der Waals surface area contributed by atoms with E-state index in [1.165, 1.54) is 16.8 Å². The van der Waals surface area contributed by atoms with Gasteiger partial charge in [-0.3, -0.25) is 4.79 Å². The number of benzene rings is 2. The number of nitrogens with zero attached hydrogens (tertiary/aromatic N) is 2. The predicted molar refractivity (Wildman–Crippen MR) is 111 cm³/mol. The molecule has 4 nitrogen and oxygen atoms in total. The van der Waals surface area contributed by atoms with Crippen LogP contribution in [0.15, 0.2) is 36.4 Å². The van der Waals surface area contributed by atoms with E-state index in [1.807, 2.05) is 0 Å². The van der Waals surface area contributed by atoms with Gasteiger partial charge in [-0.05, 0) is 61.7 Å². The van der Waals surface area contributed by atoms with Crippen LogP contribution in [0.25, 0.3) is 0 Å². The lowest BCUT2D eigenvalue weighted by Gasteiger charge is -2.37. The Morgan fingerprint density at radius 2 is 1.84 bits per heavy atom. The Hall–Kier alpha value is -2.61. The lowest BCUT2D eigenvalue weighted by molar-refractivity contribution is -0.137. The predicted octanol–water partition coefficient (Wildman–Crippen LogP) is 3.88. The molecule has 1 fully saturated rings. The number of carbonyl (C=O) groups excluding carboxylic acids is 1. The van der Waals surface area contributed by atoms with Gasteiger partial charge in [0.05, 0.1) is 11.1 Å². The van der Waals surface area contributed by atoms with Crippen LogP contribution in [0.3, 0.4) is 0 Å². The van der Waals surface area contributed by atoms with Gasteiger partial charge in [0.25, 0.3) is 5.91 Å². The molecule has 1 aliphatic heterocycles. The SMILES string of the molecule is CN1CCN(c2cccc3c2C[C@H](NC(=O)c2ccc(C(F)(F)F)cc2F)CC3)CC1. The molecule has 8 heteroatoms. The van der Waals surface area contributed by atoms with Gasteiger partial charge < -0.3 is 15.1 Å². The second-order valence-corrected chi connectivity index (χ2v) is 8.31. The van der Waals surface area contributed by atoms with Gasteiger partial charge in [-0.2, -0.15) is 13.2 Å². The van der Waals surface area contributed by atoms with Crippen molar-refractivity contribution in [3.8, 4) is 0 Å². The number of anilines is 1. The van der Waals surface area contributed by atoms with E-state index in [9.17, 15) is 22.4 Å². The molecule has 1 N–H and O–H groups in total. The summed E-state index contributed by atoms with van der Waals surface area (Å²) in [7, 11) is 2.10. The molecule has 2 aliphatic rings. The fourth-order valence-electron chi connectivity index (χ4n) is 4.37. The number of piperazine rings is 1. The molecule has 0 aromatic heterocycles. The minimum Gasteiger partial charge on any atom is -0.369 e. The van der Waals surface area contributed by atoms with Crippen molar-refractivity contribution in [1.29, 1.82) is 0 Å². The van der Waals surface area contributed by atoms with Gasteiger partial charge >= 0.3 is 6.18 Å². The average Bonchev–Trinajstić information content (AvgIpc) is 2.73. The van der Waals surface area contributed by atoms with Gasteiger partial charge in [0, 0.05) is 37.9 Å². The highest BCUT2D eigenvalue weighted by Crippen LogP contribution is 2.32. The summed E-state index contributed by atoms with van der Waals surface area (Å²) in [5, 5.41) is 2.83. The minimum absolute atomic E-state index is 0.199. The van der Waals surface area contributed by atoms with Crippen LogP contribution < -0.4 is 10.2 Å². The quantitative estimate of drug-likeness (QED) is 0.744. The van der Waals surface area contributed by atoms with Gasteiger partial charge in [0.2, 0.25) is 0 Å². The number of rotatable bonds is 3. The van der Waals surface area contributed by atoms with Gasteiger partial charge in [-0.1, -0.05) is 12.1 Å². The molecule has 1 heterocycles. The summed E-state index contributed by atoms with van der Waals surface area (Å²) >= 11 is 0. The number of amides is 1. The number of hydrogen-bond donors (Lipinski definition) is 1. The zero-order valence-electron chi connectivity index (χ0n) is 17.3. The van der Waals surface area contributed by atoms with Crippen molar-refractivity contribution in [1.82, 2.24) is 10.2 Å². The van der Waals surface area contributed by atoms with Crippen LogP contribution in [0.4, 0.5) is 23.2 Å². The van der Waals surface area contributed by atoms with Crippen molar-refractivity contribution in [2.75, 3.05) is 38.1 Å². The van der Waals surface area contributed by atoms with Gasteiger partial charge in [0.1, 0.15) is 5.82 Å². The third-order valence-electron chi connectivity index (χ3n) is 6.18. The molecule has 1 saturated heterocycles. The van der Waals surface area contributed by atoms with Crippen molar-refractivity contribution in [3.63, 3.8) is 0 Å². The second kappa shape index (κ2) is 8.49. The number of halogens is 4. The van der Waals surface area contributed by atoms with E-state index in [4.69, 9.17) is 0 Å². The Bertz CT molecular complexity index is 968. The third kappa shape index (κ3) is 4.69. The normalized spacial score (nSPS) is 19.8. The van der Waals surface area contributed by atoms with Crippen LogP contribution in [0.2, 0.25) is 0 Å². The monoisotopic (exact) mass is 435 g/mol. The first-order valence-electron chi connectivity index (χ1n) is 10.4. The number of alkyl halides is 3. The second-order valence-electron chi connectivity index (χ2n) is 8.31. The number of carbonyl (C=O) groups is 1. The Labute approximate surface area is 178 Å². The van der Waals surface area contributed by atoms with E-state index in [2.05, 4.69) is 40.4 Å². The fraction of sp³-hybridized carbons (Fsp3) is 0.435. The molecule has 0 saturated carbocycles. The van der Waals surface area contributed by atoms with Crippen LogP contribution in [0.5, 0.6) is 0 Å². The topological polar surface area (TPSA) is 35.6 Å². The van der Waals surface area contributed by atoms with E-state index in [1.54, 1.807) is 0 Å². The van der Waals surface area contributed by atoms with Crippen LogP contribution in [-0.2, 0) is 19.0 Å². The van der Waals surface area contributed by atoms with Crippen molar-refractivity contribution in [2.24, 2.45) is 0 Å². The molecule has 2 aromatic rings. The maximum absolute atomic E-state index is 14.2. The first-order valence-corrected chi connectivity index (χ1v) is 10.4. The molecule has 0 radical (unpaired) electrons. The number of fused-ring (bicyclic) bond motifs is 1. The van der Waals surface area contributed by atoms with Crippen LogP contribution in [0, 0.1) is 5.82 Å². The van der Waals surface area contributed by atoms with E-state index < -0.39 is 23.5 Å². The summed E-state index contributed by atoms with van der Waals surface area (Å²) in [6.45, 7) is 3.83. The first-order chi connectivity index (χ1) is 14.7. The van der Waals surface area contributed by atoms with Gasteiger partial charge in [-0.15, -0.1) is 0 Å². The first kappa shape index (κ1) is 21.6. The molecule has 2 aromatic carbocycles. The molecular formula is C23H25F4N3O. The largest absolute Gasteiger partial charge is 0.416 e. The highest BCUT2D eigenvalue weighted by atomic mass is 19.4. The molecule has 166 valence electrons. The summed E-state index contributed by atoms with van der Waals surface area (Å²) < 4.78 is 52.5. The molecular weight excluding hydrogens is 410 g/mol. The maximum Gasteiger partial charge on any atom is 0.416 e. The number of hydrogen-bond acceptors (Lipinski definition) is 3. The zero-order valence-corrected chi connectivity index (χ0v) is 17.3. The Balaban J connectivity index is 1.49. The van der Waals surface area contributed by atoms with Gasteiger partial charge in [-0.25, -0.2) is 4.39 Å². The third-order valence-corrected chi connectivity index (χ3v) is 6.18. The molecule has 0 spiro atoms. The Morgan fingerprint density at radius 1 is 1.10 bits per heavy atom. The van der Waals surface area contributed by atoms with Crippen LogP contribution >= 0.6 is 0 Å². The lowest BCUT2D eigenvalue weighted by atomic mass is 9.86. The number of nitrogens with one attached hydrogen (secondary N) is 1. The molecule has 0 unspecified atom stereocenters. The van der Waals surface area contributed by atoms with E-state index >= 15 is 0 Å². The zero-order chi connectivity index (χ0) is 22.2. The molecule has 31 heavy (non-hydrogen) atoms. The summed E-state index contributed by atoms with van der Waals surface area (Å²) in [5.41, 5.74) is 2.14. The molecule has 1 atom stereocenters. The summed E-state index contributed by atoms with van der Waals surface area (Å²) in [6, 6.07) is 8.07. The van der Waals surface area contributed by atoms with E-state index in [0.29, 0.717) is 18.9 Å². The number of aryl methyl sites for hydroxylation is 1. The summed E-state index contributed by atoms with van der Waals surface area (Å²) in [5.74, 6) is -1.85. The molecule has 4 rings (SSSR count).